The largest absolute Gasteiger partial charge is 0.505 e. The van der Waals surface area contributed by atoms with E-state index >= 15 is 0 Å². The molecule has 1 aliphatic heterocycles. The van der Waals surface area contributed by atoms with Gasteiger partial charge in [0, 0.05) is 42.3 Å². The summed E-state index contributed by atoms with van der Waals surface area (Å²) >= 11 is 3.53. The quantitative estimate of drug-likeness (QED) is 0.870. The summed E-state index contributed by atoms with van der Waals surface area (Å²) in [5.41, 5.74) is 0.740. The van der Waals surface area contributed by atoms with Crippen LogP contribution in [-0.2, 0) is 0 Å². The van der Waals surface area contributed by atoms with Gasteiger partial charge in [-0.05, 0) is 30.9 Å². The van der Waals surface area contributed by atoms with Crippen molar-refractivity contribution in [3.8, 4) is 5.75 Å². The lowest BCUT2D eigenvalue weighted by Gasteiger charge is -2.39. The van der Waals surface area contributed by atoms with Crippen LogP contribution in [0.15, 0.2) is 16.6 Å². The Kier molecular flexibility index (Phi) is 4.82. The van der Waals surface area contributed by atoms with Crippen LogP contribution < -0.4 is 5.32 Å². The number of phenols is 1. The molecule has 1 aromatic rings. The minimum absolute atomic E-state index is 0.111. The molecule has 1 aromatic carbocycles. The van der Waals surface area contributed by atoms with Gasteiger partial charge in [-0.2, -0.15) is 0 Å². The molecule has 2 N–H and O–H groups in total. The van der Waals surface area contributed by atoms with Gasteiger partial charge in [-0.3, -0.25) is 4.90 Å². The number of halogens is 2. The lowest BCUT2D eigenvalue weighted by molar-refractivity contribution is 0.122. The van der Waals surface area contributed by atoms with Crippen molar-refractivity contribution in [2.45, 2.75) is 31.7 Å². The van der Waals surface area contributed by atoms with E-state index in [2.05, 4.69) is 26.1 Å². The van der Waals surface area contributed by atoms with Crippen molar-refractivity contribution in [1.82, 2.24) is 10.2 Å². The van der Waals surface area contributed by atoms with Gasteiger partial charge in [0.05, 0.1) is 0 Å². The third-order valence-electron chi connectivity index (χ3n) is 4.80. The second-order valence-electron chi connectivity index (χ2n) is 6.07. The molecule has 116 valence electrons. The molecule has 3 rings (SSSR count). The third kappa shape index (κ3) is 3.10. The normalized spacial score (nSPS) is 22.6. The Morgan fingerprint density at radius 2 is 1.90 bits per heavy atom. The number of nitrogens with zero attached hydrogens (tertiary/aromatic N) is 1. The first-order chi connectivity index (χ1) is 10.2. The van der Waals surface area contributed by atoms with E-state index in [9.17, 15) is 9.50 Å². The van der Waals surface area contributed by atoms with Crippen molar-refractivity contribution >= 4 is 15.9 Å². The maximum absolute atomic E-state index is 13.9. The highest BCUT2D eigenvalue weighted by Crippen LogP contribution is 2.45. The molecular formula is C16H22BrFN2O. The van der Waals surface area contributed by atoms with E-state index in [1.165, 1.54) is 18.9 Å². The van der Waals surface area contributed by atoms with E-state index in [0.29, 0.717) is 5.92 Å². The average molecular weight is 357 g/mol. The SMILES string of the molecule is Oc1c(F)ccc(Br)c1[C@@H](C1CCCC1)N1CCNCC1. The summed E-state index contributed by atoms with van der Waals surface area (Å²) in [6.07, 6.45) is 4.80. The number of phenolic OH excluding ortho intramolecular Hbond substituents is 1. The van der Waals surface area contributed by atoms with Crippen LogP contribution >= 0.6 is 15.9 Å². The molecule has 0 spiro atoms. The molecule has 21 heavy (non-hydrogen) atoms. The summed E-state index contributed by atoms with van der Waals surface area (Å²) in [5, 5.41) is 13.7. The van der Waals surface area contributed by atoms with E-state index < -0.39 is 5.82 Å². The average Bonchev–Trinajstić information content (AvgIpc) is 3.02. The number of aromatic hydroxyl groups is 1. The Labute approximate surface area is 133 Å². The summed E-state index contributed by atoms with van der Waals surface area (Å²) in [7, 11) is 0. The Bertz CT molecular complexity index is 499. The standard InChI is InChI=1S/C16H22BrFN2O/c17-12-5-6-13(18)16(21)14(12)15(11-3-1-2-4-11)20-9-7-19-8-10-20/h5-6,11,15,19,21H,1-4,7-10H2/t15-/m1/s1. The molecule has 2 fully saturated rings. The van der Waals surface area contributed by atoms with Crippen LogP contribution in [0.25, 0.3) is 0 Å². The number of hydrogen-bond donors (Lipinski definition) is 2. The third-order valence-corrected chi connectivity index (χ3v) is 5.49. The molecule has 5 heteroatoms. The number of rotatable bonds is 3. The highest BCUT2D eigenvalue weighted by atomic mass is 79.9. The van der Waals surface area contributed by atoms with Crippen molar-refractivity contribution < 1.29 is 9.50 Å². The first-order valence-electron chi connectivity index (χ1n) is 7.80. The summed E-state index contributed by atoms with van der Waals surface area (Å²) in [4.78, 5) is 2.41. The van der Waals surface area contributed by atoms with Crippen LogP contribution in [0.5, 0.6) is 5.75 Å². The van der Waals surface area contributed by atoms with Crippen molar-refractivity contribution in [3.63, 3.8) is 0 Å². The molecular weight excluding hydrogens is 335 g/mol. The molecule has 0 aromatic heterocycles. The summed E-state index contributed by atoms with van der Waals surface area (Å²) < 4.78 is 14.7. The second kappa shape index (κ2) is 6.63. The molecule has 0 bridgehead atoms. The molecule has 1 atom stereocenters. The van der Waals surface area contributed by atoms with Gasteiger partial charge >= 0.3 is 0 Å². The zero-order valence-electron chi connectivity index (χ0n) is 12.1. The number of benzene rings is 1. The highest BCUT2D eigenvalue weighted by Gasteiger charge is 2.35. The summed E-state index contributed by atoms with van der Waals surface area (Å²) in [5.74, 6) is -0.196. The predicted octanol–water partition coefficient (Wildman–Crippen LogP) is 3.43. The van der Waals surface area contributed by atoms with Crippen LogP contribution in [0.3, 0.4) is 0 Å². The fraction of sp³-hybridized carbons (Fsp3) is 0.625. The molecule has 1 heterocycles. The van der Waals surface area contributed by atoms with Crippen LogP contribution in [0.2, 0.25) is 0 Å². The van der Waals surface area contributed by atoms with Gasteiger partial charge in [-0.1, -0.05) is 28.8 Å². The molecule has 3 nitrogen and oxygen atoms in total. The van der Waals surface area contributed by atoms with Crippen molar-refractivity contribution in [2.24, 2.45) is 5.92 Å². The number of hydrogen-bond acceptors (Lipinski definition) is 3. The smallest absolute Gasteiger partial charge is 0.165 e. The number of piperazine rings is 1. The minimum atomic E-state index is -0.522. The Morgan fingerprint density at radius 3 is 2.57 bits per heavy atom. The Hall–Kier alpha value is -0.650. The number of nitrogens with one attached hydrogen (secondary N) is 1. The Morgan fingerprint density at radius 1 is 1.24 bits per heavy atom. The summed E-state index contributed by atoms with van der Waals surface area (Å²) in [6, 6.07) is 3.15. The fourth-order valence-corrected chi connectivity index (χ4v) is 4.34. The van der Waals surface area contributed by atoms with Gasteiger partial charge in [-0.25, -0.2) is 4.39 Å². The zero-order valence-corrected chi connectivity index (χ0v) is 13.7. The van der Waals surface area contributed by atoms with Gasteiger partial charge in [-0.15, -0.1) is 0 Å². The van der Waals surface area contributed by atoms with Crippen molar-refractivity contribution in [2.75, 3.05) is 26.2 Å². The van der Waals surface area contributed by atoms with E-state index in [1.54, 1.807) is 6.07 Å². The van der Waals surface area contributed by atoms with Crippen LogP contribution in [-0.4, -0.2) is 36.2 Å². The molecule has 2 aliphatic rings. The maximum Gasteiger partial charge on any atom is 0.165 e. The van der Waals surface area contributed by atoms with E-state index in [0.717, 1.165) is 49.1 Å². The molecule has 1 saturated heterocycles. The lowest BCUT2D eigenvalue weighted by Crippen LogP contribution is -2.46. The van der Waals surface area contributed by atoms with Crippen LogP contribution in [0.1, 0.15) is 37.3 Å². The van der Waals surface area contributed by atoms with E-state index in [-0.39, 0.29) is 11.8 Å². The Balaban J connectivity index is 1.99. The zero-order chi connectivity index (χ0) is 14.8. The lowest BCUT2D eigenvalue weighted by atomic mass is 9.89. The monoisotopic (exact) mass is 356 g/mol. The van der Waals surface area contributed by atoms with Crippen molar-refractivity contribution in [1.29, 1.82) is 0 Å². The molecule has 0 amide bonds. The van der Waals surface area contributed by atoms with E-state index in [4.69, 9.17) is 0 Å². The first-order valence-corrected chi connectivity index (χ1v) is 8.59. The van der Waals surface area contributed by atoms with Gasteiger partial charge < -0.3 is 10.4 Å². The minimum Gasteiger partial charge on any atom is -0.505 e. The van der Waals surface area contributed by atoms with Crippen molar-refractivity contribution in [3.05, 3.63) is 28.0 Å². The molecule has 1 saturated carbocycles. The van der Waals surface area contributed by atoms with Gasteiger partial charge in [0.15, 0.2) is 11.6 Å². The maximum atomic E-state index is 13.9. The summed E-state index contributed by atoms with van der Waals surface area (Å²) in [6.45, 7) is 3.81. The van der Waals surface area contributed by atoms with Gasteiger partial charge in [0.2, 0.25) is 0 Å². The first kappa shape index (κ1) is 15.3. The van der Waals surface area contributed by atoms with Crippen LogP contribution in [0.4, 0.5) is 4.39 Å². The molecule has 0 radical (unpaired) electrons. The molecule has 0 unspecified atom stereocenters. The predicted molar refractivity (Wildman–Crippen MR) is 84.9 cm³/mol. The topological polar surface area (TPSA) is 35.5 Å². The fourth-order valence-electron chi connectivity index (χ4n) is 3.79. The highest BCUT2D eigenvalue weighted by molar-refractivity contribution is 9.10. The van der Waals surface area contributed by atoms with Gasteiger partial charge in [0.1, 0.15) is 0 Å². The van der Waals surface area contributed by atoms with E-state index in [1.807, 2.05) is 0 Å². The van der Waals surface area contributed by atoms with Gasteiger partial charge in [0.25, 0.3) is 0 Å². The second-order valence-corrected chi connectivity index (χ2v) is 6.92. The van der Waals surface area contributed by atoms with Crippen LogP contribution in [0, 0.1) is 11.7 Å². The molecule has 1 aliphatic carbocycles.